The number of aromatic nitrogens is 1. The molecule has 36 heavy (non-hydrogen) atoms. The molecule has 10 heteroatoms. The first kappa shape index (κ1) is 23.8. The molecule has 2 N–H and O–H groups in total. The maximum atomic E-state index is 13.6. The van der Waals surface area contributed by atoms with Gasteiger partial charge in [0.2, 0.25) is 17.7 Å². The van der Waals surface area contributed by atoms with Crippen LogP contribution in [0.1, 0.15) is 42.5 Å². The van der Waals surface area contributed by atoms with Gasteiger partial charge < -0.3 is 19.8 Å². The number of halogens is 3. The number of nitrogens with zero attached hydrogens (tertiary/aromatic N) is 3. The van der Waals surface area contributed by atoms with Gasteiger partial charge >= 0.3 is 6.18 Å². The molecule has 186 valence electrons. The average molecular weight is 497 g/mol. The van der Waals surface area contributed by atoms with Crippen molar-refractivity contribution in [1.29, 1.82) is 5.26 Å². The first-order valence-corrected chi connectivity index (χ1v) is 11.2. The van der Waals surface area contributed by atoms with Crippen molar-refractivity contribution >= 4 is 11.6 Å². The van der Waals surface area contributed by atoms with Crippen molar-refractivity contribution in [3.05, 3.63) is 70.8 Å². The molecule has 5 rings (SSSR count). The molecule has 0 spiro atoms. The van der Waals surface area contributed by atoms with Crippen LogP contribution >= 0.6 is 0 Å². The number of anilines is 1. The summed E-state index contributed by atoms with van der Waals surface area (Å²) in [5, 5.41) is 31.4. The zero-order valence-electron chi connectivity index (χ0n) is 19.6. The van der Waals surface area contributed by atoms with Crippen LogP contribution in [-0.2, 0) is 26.9 Å². The third-order valence-electron chi connectivity index (χ3n) is 7.30. The van der Waals surface area contributed by atoms with E-state index in [-0.39, 0.29) is 29.1 Å². The fourth-order valence-electron chi connectivity index (χ4n) is 5.65. The molecule has 2 aromatic carbocycles. The van der Waals surface area contributed by atoms with Gasteiger partial charge in [-0.05, 0) is 50.6 Å². The van der Waals surface area contributed by atoms with Crippen LogP contribution < -0.4 is 4.90 Å². The molecule has 2 aliphatic rings. The van der Waals surface area contributed by atoms with Gasteiger partial charge in [-0.1, -0.05) is 18.2 Å². The minimum atomic E-state index is -4.82. The van der Waals surface area contributed by atoms with Crippen LogP contribution in [0.3, 0.4) is 0 Å². The summed E-state index contributed by atoms with van der Waals surface area (Å²) >= 11 is 0. The Morgan fingerprint density at radius 3 is 2.39 bits per heavy atom. The highest BCUT2D eigenvalue weighted by atomic mass is 19.4. The highest BCUT2D eigenvalue weighted by Crippen LogP contribution is 2.66. The van der Waals surface area contributed by atoms with Crippen molar-refractivity contribution in [2.45, 2.75) is 37.6 Å². The van der Waals surface area contributed by atoms with Crippen molar-refractivity contribution in [3.8, 4) is 23.5 Å². The number of fused-ring (bicyclic) bond motifs is 5. The Balaban J connectivity index is 1.63. The molecule has 0 saturated carbocycles. The van der Waals surface area contributed by atoms with E-state index in [9.17, 15) is 28.2 Å². The van der Waals surface area contributed by atoms with Gasteiger partial charge in [0.15, 0.2) is 0 Å². The first-order chi connectivity index (χ1) is 16.8. The van der Waals surface area contributed by atoms with Crippen molar-refractivity contribution in [2.24, 2.45) is 5.92 Å². The van der Waals surface area contributed by atoms with Crippen LogP contribution in [-0.4, -0.2) is 27.7 Å². The number of carbonyl (C=O) groups excluding carboxylic acids is 1. The normalized spacial score (nSPS) is 24.4. The number of benzene rings is 2. The topological polar surface area (TPSA) is 98.7 Å². The molecule has 3 heterocycles. The van der Waals surface area contributed by atoms with Gasteiger partial charge in [-0.2, -0.15) is 18.4 Å². The number of amides is 1. The fourth-order valence-corrected chi connectivity index (χ4v) is 5.65. The van der Waals surface area contributed by atoms with E-state index in [4.69, 9.17) is 10.00 Å². The first-order valence-electron chi connectivity index (χ1n) is 11.2. The Bertz CT molecular complexity index is 1440. The zero-order chi connectivity index (χ0) is 26.2. The minimum absolute atomic E-state index is 0.159. The number of nitriles is 1. The number of hydrogen-bond acceptors (Lipinski definition) is 5. The molecule has 3 aromatic rings. The van der Waals surface area contributed by atoms with Crippen molar-refractivity contribution in [2.75, 3.05) is 11.9 Å². The minimum Gasteiger partial charge on any atom is -0.494 e. The van der Waals surface area contributed by atoms with Gasteiger partial charge in [0.25, 0.3) is 0 Å². The maximum Gasteiger partial charge on any atom is 0.417 e. The number of para-hydroxylation sites is 1. The highest BCUT2D eigenvalue weighted by molar-refractivity contribution is 5.96. The fraction of sp³-hybridized carbons (Fsp3) is 0.308. The van der Waals surface area contributed by atoms with Crippen LogP contribution in [0.15, 0.2) is 48.5 Å². The molecule has 1 saturated heterocycles. The summed E-state index contributed by atoms with van der Waals surface area (Å²) in [6.45, 7) is 3.31. The van der Waals surface area contributed by atoms with Crippen molar-refractivity contribution in [3.63, 3.8) is 0 Å². The monoisotopic (exact) mass is 497 g/mol. The Kier molecular flexibility index (Phi) is 4.96. The number of rotatable bonds is 3. The van der Waals surface area contributed by atoms with Gasteiger partial charge in [0.1, 0.15) is 5.60 Å². The molecular formula is C26H22F3N3O4. The zero-order valence-corrected chi connectivity index (χ0v) is 19.6. The van der Waals surface area contributed by atoms with Crippen LogP contribution in [0.25, 0.3) is 5.69 Å². The summed E-state index contributed by atoms with van der Waals surface area (Å²) in [6, 6.07) is 13.4. The summed E-state index contributed by atoms with van der Waals surface area (Å²) in [4.78, 5) is 15.0. The SMILES string of the molecule is CN(C(=O)[C@@H]1C[C@]2(C)O[C@]1(C)c1c2c(O)n(-c2ccc(C#N)c(C(F)(F)F)c2)c1O)c1ccccc1. The third-order valence-corrected chi connectivity index (χ3v) is 7.30. The molecule has 1 fully saturated rings. The van der Waals surface area contributed by atoms with E-state index in [1.165, 1.54) is 17.0 Å². The number of carbonyl (C=O) groups is 1. The van der Waals surface area contributed by atoms with Crippen LogP contribution in [0.4, 0.5) is 18.9 Å². The second-order valence-electron chi connectivity index (χ2n) is 9.50. The average Bonchev–Trinajstić information content (AvgIpc) is 3.38. The van der Waals surface area contributed by atoms with Crippen molar-refractivity contribution < 1.29 is 32.9 Å². The van der Waals surface area contributed by atoms with Gasteiger partial charge in [0.05, 0.1) is 45.5 Å². The molecular weight excluding hydrogens is 475 g/mol. The van der Waals surface area contributed by atoms with Crippen LogP contribution in [0.2, 0.25) is 0 Å². The Morgan fingerprint density at radius 1 is 1.14 bits per heavy atom. The molecule has 1 amide bonds. The molecule has 2 bridgehead atoms. The van der Waals surface area contributed by atoms with Gasteiger partial charge in [-0.15, -0.1) is 0 Å². The van der Waals surface area contributed by atoms with E-state index in [2.05, 4.69) is 0 Å². The van der Waals surface area contributed by atoms with E-state index in [1.54, 1.807) is 45.2 Å². The number of alkyl halides is 3. The second-order valence-corrected chi connectivity index (χ2v) is 9.50. The van der Waals surface area contributed by atoms with Crippen LogP contribution in [0.5, 0.6) is 11.8 Å². The number of ether oxygens (including phenoxy) is 1. The van der Waals surface area contributed by atoms with Gasteiger partial charge in [0, 0.05) is 12.7 Å². The number of hydrogen-bond donors (Lipinski definition) is 2. The lowest BCUT2D eigenvalue weighted by Gasteiger charge is -2.32. The Labute approximate surface area is 204 Å². The molecule has 1 aromatic heterocycles. The molecule has 7 nitrogen and oxygen atoms in total. The van der Waals surface area contributed by atoms with E-state index in [0.717, 1.165) is 10.6 Å². The summed E-state index contributed by atoms with van der Waals surface area (Å²) in [5.41, 5.74) is -3.39. The predicted molar refractivity (Wildman–Crippen MR) is 123 cm³/mol. The summed E-state index contributed by atoms with van der Waals surface area (Å²) in [6.07, 6.45) is -4.62. The quantitative estimate of drug-likeness (QED) is 0.535. The molecule has 3 atom stereocenters. The maximum absolute atomic E-state index is 13.6. The summed E-state index contributed by atoms with van der Waals surface area (Å²) < 4.78 is 47.8. The predicted octanol–water partition coefficient (Wildman–Crippen LogP) is 4.92. The van der Waals surface area contributed by atoms with E-state index < -0.39 is 46.2 Å². The van der Waals surface area contributed by atoms with Crippen LogP contribution in [0, 0.1) is 17.2 Å². The third kappa shape index (κ3) is 3.12. The second kappa shape index (κ2) is 7.51. The summed E-state index contributed by atoms with van der Waals surface area (Å²) in [7, 11) is 1.63. The largest absolute Gasteiger partial charge is 0.494 e. The smallest absolute Gasteiger partial charge is 0.417 e. The van der Waals surface area contributed by atoms with E-state index >= 15 is 0 Å². The molecule has 0 aliphatic carbocycles. The lowest BCUT2D eigenvalue weighted by Crippen LogP contribution is -2.42. The number of aromatic hydroxyl groups is 2. The van der Waals surface area contributed by atoms with Gasteiger partial charge in [-0.25, -0.2) is 0 Å². The summed E-state index contributed by atoms with van der Waals surface area (Å²) in [5.74, 6) is -1.99. The van der Waals surface area contributed by atoms with Gasteiger partial charge in [-0.3, -0.25) is 9.36 Å². The molecule has 2 aliphatic heterocycles. The highest BCUT2D eigenvalue weighted by Gasteiger charge is 2.66. The van der Waals surface area contributed by atoms with Crippen molar-refractivity contribution in [1.82, 2.24) is 4.57 Å². The Morgan fingerprint density at radius 2 is 1.78 bits per heavy atom. The van der Waals surface area contributed by atoms with E-state index in [1.807, 2.05) is 6.07 Å². The van der Waals surface area contributed by atoms with E-state index in [0.29, 0.717) is 11.8 Å². The lowest BCUT2D eigenvalue weighted by atomic mass is 9.72. The Hall–Kier alpha value is -3.97. The standard InChI is InChI=1S/C26H22F3N3O4/c1-24-12-18(21(33)31(3)15-7-5-4-6-8-15)25(2,36-24)20-19(24)22(34)32(23(20)35)16-10-9-14(13-30)17(11-16)26(27,28)29/h4-11,18,34-35H,12H2,1-3H3/t18-,24-,25-/m0/s1. The lowest BCUT2D eigenvalue weighted by molar-refractivity contribution is -0.137. The molecule has 0 radical (unpaired) electrons. The molecule has 0 unspecified atom stereocenters.